The Labute approximate surface area is 431 Å². The van der Waals surface area contributed by atoms with Gasteiger partial charge in [-0.1, -0.05) is 321 Å². The Kier molecular flexibility index (Phi) is 58.0. The zero-order chi connectivity index (χ0) is 50.0. The van der Waals surface area contributed by atoms with Gasteiger partial charge in [0.2, 0.25) is 5.91 Å². The lowest BCUT2D eigenvalue weighted by Gasteiger charge is -2.20. The van der Waals surface area contributed by atoms with E-state index in [-0.39, 0.29) is 18.5 Å². The molecule has 0 saturated heterocycles. The van der Waals surface area contributed by atoms with Crippen LogP contribution in [-0.2, 0) is 14.3 Å². The number of ether oxygens (including phenoxy) is 1. The van der Waals surface area contributed by atoms with E-state index in [2.05, 4.69) is 19.2 Å². The van der Waals surface area contributed by atoms with Crippen molar-refractivity contribution >= 4 is 11.9 Å². The number of hydrogen-bond acceptors (Lipinski definition) is 5. The van der Waals surface area contributed by atoms with Crippen molar-refractivity contribution in [3.8, 4) is 0 Å². The number of carbonyl (C=O) groups excluding carboxylic acids is 2. The molecule has 0 aliphatic carbocycles. The molecule has 0 radical (unpaired) electrons. The number of hydrogen-bond donors (Lipinski definition) is 3. The molecule has 2 atom stereocenters. The van der Waals surface area contributed by atoms with Gasteiger partial charge in [-0.2, -0.15) is 0 Å². The lowest BCUT2D eigenvalue weighted by atomic mass is 10.0. The zero-order valence-electron chi connectivity index (χ0n) is 46.8. The first kappa shape index (κ1) is 67.6. The van der Waals surface area contributed by atoms with Gasteiger partial charge in [0.15, 0.2) is 0 Å². The van der Waals surface area contributed by atoms with Gasteiger partial charge in [0.25, 0.3) is 0 Å². The predicted molar refractivity (Wildman–Crippen MR) is 301 cm³/mol. The van der Waals surface area contributed by atoms with Gasteiger partial charge >= 0.3 is 5.97 Å². The van der Waals surface area contributed by atoms with Crippen LogP contribution in [0.15, 0.2) is 12.2 Å². The molecule has 0 aliphatic rings. The van der Waals surface area contributed by atoms with Gasteiger partial charge in [-0.25, -0.2) is 0 Å². The van der Waals surface area contributed by atoms with Crippen molar-refractivity contribution in [1.82, 2.24) is 5.32 Å². The van der Waals surface area contributed by atoms with E-state index >= 15 is 0 Å². The van der Waals surface area contributed by atoms with E-state index in [0.717, 1.165) is 38.5 Å². The maximum atomic E-state index is 12.5. The van der Waals surface area contributed by atoms with Crippen LogP contribution in [0.4, 0.5) is 0 Å². The number of esters is 1. The SMILES string of the molecule is CCCCCCCCCCCCCCCC/C=C/C(O)C(CO)NC(=O)CCCCCCCCCCCCCCCCCCCCCCCCOC(=O)CCCCCCCCCCCCCCCC. The van der Waals surface area contributed by atoms with E-state index in [0.29, 0.717) is 19.4 Å². The minimum absolute atomic E-state index is 0.0156. The summed E-state index contributed by atoms with van der Waals surface area (Å²) in [7, 11) is 0. The van der Waals surface area contributed by atoms with Gasteiger partial charge in [-0.05, 0) is 32.1 Å². The van der Waals surface area contributed by atoms with E-state index in [4.69, 9.17) is 4.74 Å². The molecule has 1 amide bonds. The van der Waals surface area contributed by atoms with Crippen LogP contribution in [0.3, 0.4) is 0 Å². The van der Waals surface area contributed by atoms with Crippen molar-refractivity contribution in [2.45, 2.75) is 366 Å². The minimum Gasteiger partial charge on any atom is -0.466 e. The first-order valence-electron chi connectivity index (χ1n) is 31.5. The van der Waals surface area contributed by atoms with Crippen molar-refractivity contribution in [2.75, 3.05) is 13.2 Å². The molecule has 0 rings (SSSR count). The molecule has 0 bridgehead atoms. The summed E-state index contributed by atoms with van der Waals surface area (Å²) in [6.07, 6.45) is 71.1. The third-order valence-corrected chi connectivity index (χ3v) is 14.8. The summed E-state index contributed by atoms with van der Waals surface area (Å²) in [6, 6.07) is -0.627. The smallest absolute Gasteiger partial charge is 0.305 e. The highest BCUT2D eigenvalue weighted by molar-refractivity contribution is 5.76. The number of amides is 1. The fourth-order valence-corrected chi connectivity index (χ4v) is 9.99. The average Bonchev–Trinajstić information content (AvgIpc) is 3.35. The van der Waals surface area contributed by atoms with Crippen LogP contribution >= 0.6 is 0 Å². The molecule has 0 spiro atoms. The van der Waals surface area contributed by atoms with Gasteiger partial charge in [-0.3, -0.25) is 9.59 Å². The summed E-state index contributed by atoms with van der Waals surface area (Å²) in [5.41, 5.74) is 0. The van der Waals surface area contributed by atoms with Gasteiger partial charge in [0.1, 0.15) is 0 Å². The Morgan fingerprint density at radius 2 is 0.667 bits per heavy atom. The van der Waals surface area contributed by atoms with Gasteiger partial charge in [-0.15, -0.1) is 0 Å². The fraction of sp³-hybridized carbons (Fsp3) is 0.937. The Hall–Kier alpha value is -1.40. The molecule has 0 aromatic carbocycles. The highest BCUT2D eigenvalue weighted by Crippen LogP contribution is 2.18. The third kappa shape index (κ3) is 55.8. The van der Waals surface area contributed by atoms with E-state index in [1.807, 2.05) is 6.08 Å². The molecule has 69 heavy (non-hydrogen) atoms. The Balaban J connectivity index is 3.39. The molecule has 0 aliphatic heterocycles. The first-order valence-corrected chi connectivity index (χ1v) is 31.5. The van der Waals surface area contributed by atoms with Crippen molar-refractivity contribution in [2.24, 2.45) is 0 Å². The van der Waals surface area contributed by atoms with Gasteiger partial charge in [0.05, 0.1) is 25.4 Å². The van der Waals surface area contributed by atoms with Crippen LogP contribution in [0.25, 0.3) is 0 Å². The molecule has 3 N–H and O–H groups in total. The number of carbonyl (C=O) groups is 2. The van der Waals surface area contributed by atoms with Crippen molar-refractivity contribution in [3.63, 3.8) is 0 Å². The summed E-state index contributed by atoms with van der Waals surface area (Å²) in [5, 5.41) is 23.1. The molecule has 0 fully saturated rings. The third-order valence-electron chi connectivity index (χ3n) is 14.8. The second-order valence-corrected chi connectivity index (χ2v) is 21.8. The van der Waals surface area contributed by atoms with Crippen molar-refractivity contribution in [3.05, 3.63) is 12.2 Å². The summed E-state index contributed by atoms with van der Waals surface area (Å²) in [5.74, 6) is -0.0498. The molecule has 0 aromatic rings. The maximum Gasteiger partial charge on any atom is 0.305 e. The topological polar surface area (TPSA) is 95.9 Å². The molecule has 0 saturated carbocycles. The monoisotopic (exact) mass is 974 g/mol. The number of unbranched alkanes of at least 4 members (excludes halogenated alkanes) is 48. The summed E-state index contributed by atoms with van der Waals surface area (Å²) < 4.78 is 5.49. The minimum atomic E-state index is -0.844. The van der Waals surface area contributed by atoms with Gasteiger partial charge in [0, 0.05) is 12.8 Å². The standard InChI is InChI=1S/C63H123NO5/c1-3-5-7-9-11-13-15-17-19-28-31-35-39-43-47-51-55-61(66)60(59-65)64-62(67)56-52-48-44-40-36-32-29-26-24-22-20-21-23-25-27-30-34-38-42-46-50-54-58-69-63(68)57-53-49-45-41-37-33-18-16-14-12-10-8-6-4-2/h51,55,60-61,65-66H,3-50,52-54,56-59H2,1-2H3,(H,64,67)/b55-51+. The Bertz CT molecular complexity index is 1030. The maximum absolute atomic E-state index is 12.5. The molecule has 2 unspecified atom stereocenters. The average molecular weight is 975 g/mol. The largest absolute Gasteiger partial charge is 0.466 e. The number of aliphatic hydroxyl groups is 2. The van der Waals surface area contributed by atoms with E-state index in [1.54, 1.807) is 6.08 Å². The molecule has 410 valence electrons. The van der Waals surface area contributed by atoms with Crippen molar-refractivity contribution in [1.29, 1.82) is 0 Å². The quantitative estimate of drug-likeness (QED) is 0.0321. The highest BCUT2D eigenvalue weighted by Gasteiger charge is 2.18. The normalized spacial score (nSPS) is 12.6. The second kappa shape index (κ2) is 59.2. The number of aliphatic hydroxyl groups excluding tert-OH is 2. The van der Waals surface area contributed by atoms with Crippen LogP contribution in [0, 0.1) is 0 Å². The first-order chi connectivity index (χ1) is 34.0. The molecular weight excluding hydrogens is 851 g/mol. The van der Waals surface area contributed by atoms with Crippen LogP contribution in [-0.4, -0.2) is 47.4 Å². The Morgan fingerprint density at radius 3 is 0.986 bits per heavy atom. The lowest BCUT2D eigenvalue weighted by molar-refractivity contribution is -0.143. The molecule has 6 heteroatoms. The molecule has 0 aromatic heterocycles. The molecular formula is C63H123NO5. The molecule has 0 heterocycles. The lowest BCUT2D eigenvalue weighted by Crippen LogP contribution is -2.45. The Morgan fingerprint density at radius 1 is 0.391 bits per heavy atom. The van der Waals surface area contributed by atoms with E-state index in [1.165, 1.54) is 289 Å². The van der Waals surface area contributed by atoms with Crippen LogP contribution in [0.1, 0.15) is 354 Å². The van der Waals surface area contributed by atoms with Crippen LogP contribution in [0.2, 0.25) is 0 Å². The van der Waals surface area contributed by atoms with Crippen molar-refractivity contribution < 1.29 is 24.5 Å². The number of nitrogens with one attached hydrogen (secondary N) is 1. The van der Waals surface area contributed by atoms with E-state index < -0.39 is 12.1 Å². The summed E-state index contributed by atoms with van der Waals surface area (Å²) in [4.78, 5) is 24.5. The number of allylic oxidation sites excluding steroid dienone is 1. The highest BCUT2D eigenvalue weighted by atomic mass is 16.5. The summed E-state index contributed by atoms with van der Waals surface area (Å²) in [6.45, 7) is 4.93. The van der Waals surface area contributed by atoms with Crippen LogP contribution < -0.4 is 5.32 Å². The van der Waals surface area contributed by atoms with E-state index in [9.17, 15) is 19.8 Å². The summed E-state index contributed by atoms with van der Waals surface area (Å²) >= 11 is 0. The van der Waals surface area contributed by atoms with Crippen LogP contribution in [0.5, 0.6) is 0 Å². The number of rotatable bonds is 59. The predicted octanol–water partition coefficient (Wildman–Crippen LogP) is 19.6. The van der Waals surface area contributed by atoms with Gasteiger partial charge < -0.3 is 20.3 Å². The zero-order valence-corrected chi connectivity index (χ0v) is 46.8. The fourth-order valence-electron chi connectivity index (χ4n) is 9.99. The second-order valence-electron chi connectivity index (χ2n) is 21.8. The molecule has 6 nitrogen and oxygen atoms in total.